The molecule has 0 saturated carbocycles. The van der Waals surface area contributed by atoms with Crippen molar-refractivity contribution in [1.82, 2.24) is 0 Å². The highest BCUT2D eigenvalue weighted by Gasteiger charge is 2.47. The van der Waals surface area contributed by atoms with Gasteiger partial charge in [-0.2, -0.15) is 0 Å². The number of aromatic hydroxyl groups is 1. The second-order valence-corrected chi connectivity index (χ2v) is 8.19. The zero-order valence-corrected chi connectivity index (χ0v) is 19.1. The van der Waals surface area contributed by atoms with E-state index in [0.29, 0.717) is 23.5 Å². The maximum atomic E-state index is 14.0. The number of rotatable bonds is 6. The van der Waals surface area contributed by atoms with Gasteiger partial charge >= 0.3 is 0 Å². The van der Waals surface area contributed by atoms with Crippen LogP contribution >= 0.6 is 0 Å². The van der Waals surface area contributed by atoms with Crippen molar-refractivity contribution in [3.8, 4) is 11.5 Å². The number of halogens is 2. The summed E-state index contributed by atoms with van der Waals surface area (Å²) in [7, 11) is 0. The number of amides is 1. The van der Waals surface area contributed by atoms with Crippen LogP contribution in [0, 0.1) is 18.6 Å². The van der Waals surface area contributed by atoms with Crippen molar-refractivity contribution < 1.29 is 33.3 Å². The molecule has 1 aliphatic heterocycles. The average molecular weight is 479 g/mol. The fourth-order valence-corrected chi connectivity index (χ4v) is 4.03. The van der Waals surface area contributed by atoms with Crippen LogP contribution in [0.4, 0.5) is 14.5 Å². The van der Waals surface area contributed by atoms with E-state index in [-0.39, 0.29) is 17.0 Å². The number of hydrogen-bond acceptors (Lipinski definition) is 5. The molecular weight excluding hydrogens is 456 g/mol. The SMILES string of the molecule is CCCOc1ccc(/C(O)=C2\C(=O)C(=O)N(c3ccc(F)c(F)c3)C2c2ccc(O)cc2)cc1C. The summed E-state index contributed by atoms with van der Waals surface area (Å²) in [5.41, 5.74) is 1.12. The number of ether oxygens (including phenoxy) is 1. The van der Waals surface area contributed by atoms with Gasteiger partial charge in [0.2, 0.25) is 0 Å². The van der Waals surface area contributed by atoms with Gasteiger partial charge in [-0.3, -0.25) is 14.5 Å². The maximum absolute atomic E-state index is 14.0. The third-order valence-corrected chi connectivity index (χ3v) is 5.74. The molecule has 0 spiro atoms. The number of carbonyl (C=O) groups excluding carboxylic acids is 2. The molecule has 1 amide bonds. The van der Waals surface area contributed by atoms with Gasteiger partial charge in [0.05, 0.1) is 18.2 Å². The lowest BCUT2D eigenvalue weighted by molar-refractivity contribution is -0.132. The van der Waals surface area contributed by atoms with Crippen LogP contribution in [-0.2, 0) is 9.59 Å². The van der Waals surface area contributed by atoms with Crippen LogP contribution in [0.15, 0.2) is 66.2 Å². The molecule has 0 aliphatic carbocycles. The third kappa shape index (κ3) is 4.47. The fraction of sp³-hybridized carbons (Fsp3) is 0.185. The second kappa shape index (κ2) is 9.58. The Morgan fingerprint density at radius 1 is 1.00 bits per heavy atom. The number of phenolic OH excluding ortho intramolecular Hbond substituents is 1. The first-order valence-corrected chi connectivity index (χ1v) is 11.0. The number of phenols is 1. The standard InChI is InChI=1S/C27H23F2NO5/c1-3-12-35-22-11-6-17(13-15(22)2)25(32)23-24(16-4-8-19(31)9-5-16)30(27(34)26(23)33)18-7-10-20(28)21(29)14-18/h4-11,13-14,24,31-32H,3,12H2,1-2H3/b25-23+. The number of hydrogen-bond donors (Lipinski definition) is 2. The van der Waals surface area contributed by atoms with Gasteiger partial charge in [0.25, 0.3) is 11.7 Å². The average Bonchev–Trinajstić information content (AvgIpc) is 3.10. The highest BCUT2D eigenvalue weighted by atomic mass is 19.2. The van der Waals surface area contributed by atoms with E-state index in [1.54, 1.807) is 25.1 Å². The van der Waals surface area contributed by atoms with Crippen LogP contribution in [0.3, 0.4) is 0 Å². The first kappa shape index (κ1) is 23.9. The lowest BCUT2D eigenvalue weighted by Gasteiger charge is -2.25. The highest BCUT2D eigenvalue weighted by molar-refractivity contribution is 6.51. The van der Waals surface area contributed by atoms with Crippen molar-refractivity contribution in [3.05, 3.63) is 94.6 Å². The van der Waals surface area contributed by atoms with Crippen LogP contribution in [0.25, 0.3) is 5.76 Å². The number of carbonyl (C=O) groups is 2. The molecule has 2 N–H and O–H groups in total. The zero-order chi connectivity index (χ0) is 25.3. The minimum atomic E-state index is -1.19. The largest absolute Gasteiger partial charge is 0.508 e. The Bertz CT molecular complexity index is 1330. The Labute approximate surface area is 200 Å². The number of benzene rings is 3. The Morgan fingerprint density at radius 3 is 2.34 bits per heavy atom. The molecule has 0 aromatic heterocycles. The van der Waals surface area contributed by atoms with E-state index in [0.717, 1.165) is 29.0 Å². The Hall–Kier alpha value is -4.20. The number of aryl methyl sites for hydroxylation is 1. The number of Topliss-reactive ketones (excluding diaryl/α,β-unsaturated/α-hetero) is 1. The summed E-state index contributed by atoms with van der Waals surface area (Å²) in [6.07, 6.45) is 0.821. The molecule has 3 aromatic rings. The summed E-state index contributed by atoms with van der Waals surface area (Å²) < 4.78 is 33.3. The third-order valence-electron chi connectivity index (χ3n) is 5.74. The van der Waals surface area contributed by atoms with E-state index in [4.69, 9.17) is 4.74 Å². The first-order valence-electron chi connectivity index (χ1n) is 11.0. The number of aliphatic hydroxyl groups excluding tert-OH is 1. The van der Waals surface area contributed by atoms with Crippen molar-refractivity contribution in [3.63, 3.8) is 0 Å². The summed E-state index contributed by atoms with van der Waals surface area (Å²) in [4.78, 5) is 27.2. The van der Waals surface area contributed by atoms with Crippen LogP contribution in [-0.4, -0.2) is 28.5 Å². The van der Waals surface area contributed by atoms with Gasteiger partial charge in [0.15, 0.2) is 11.6 Å². The van der Waals surface area contributed by atoms with Crippen LogP contribution < -0.4 is 9.64 Å². The molecule has 1 saturated heterocycles. The monoisotopic (exact) mass is 479 g/mol. The number of nitrogens with zero attached hydrogens (tertiary/aromatic N) is 1. The summed E-state index contributed by atoms with van der Waals surface area (Å²) >= 11 is 0. The zero-order valence-electron chi connectivity index (χ0n) is 19.1. The summed E-state index contributed by atoms with van der Waals surface area (Å²) in [6.45, 7) is 4.29. The molecule has 8 heteroatoms. The molecule has 1 aliphatic rings. The maximum Gasteiger partial charge on any atom is 0.300 e. The van der Waals surface area contributed by atoms with E-state index in [9.17, 15) is 28.6 Å². The van der Waals surface area contributed by atoms with E-state index >= 15 is 0 Å². The van der Waals surface area contributed by atoms with Gasteiger partial charge in [-0.1, -0.05) is 19.1 Å². The minimum Gasteiger partial charge on any atom is -0.508 e. The lowest BCUT2D eigenvalue weighted by atomic mass is 9.94. The normalized spacial score (nSPS) is 17.1. The van der Waals surface area contributed by atoms with Gasteiger partial charge in [0.1, 0.15) is 17.3 Å². The van der Waals surface area contributed by atoms with E-state index in [1.165, 1.54) is 30.3 Å². The molecule has 0 bridgehead atoms. The Balaban J connectivity index is 1.88. The quantitative estimate of drug-likeness (QED) is 0.281. The van der Waals surface area contributed by atoms with Crippen molar-refractivity contribution in [1.29, 1.82) is 0 Å². The lowest BCUT2D eigenvalue weighted by Crippen LogP contribution is -2.29. The van der Waals surface area contributed by atoms with Gasteiger partial charge < -0.3 is 14.9 Å². The first-order chi connectivity index (χ1) is 16.7. The van der Waals surface area contributed by atoms with Crippen LogP contribution in [0.1, 0.15) is 36.1 Å². The second-order valence-electron chi connectivity index (χ2n) is 8.19. The molecule has 1 atom stereocenters. The Morgan fingerprint density at radius 2 is 1.71 bits per heavy atom. The molecular formula is C27H23F2NO5. The molecule has 0 radical (unpaired) electrons. The predicted molar refractivity (Wildman–Crippen MR) is 126 cm³/mol. The molecule has 1 fully saturated rings. The van der Waals surface area contributed by atoms with E-state index < -0.39 is 35.1 Å². The molecule has 4 rings (SSSR count). The van der Waals surface area contributed by atoms with E-state index in [1.807, 2.05) is 6.92 Å². The smallest absolute Gasteiger partial charge is 0.300 e. The molecule has 1 unspecified atom stereocenters. The topological polar surface area (TPSA) is 87.1 Å². The van der Waals surface area contributed by atoms with Crippen LogP contribution in [0.5, 0.6) is 11.5 Å². The molecule has 3 aromatic carbocycles. The van der Waals surface area contributed by atoms with E-state index in [2.05, 4.69) is 0 Å². The molecule has 180 valence electrons. The van der Waals surface area contributed by atoms with Crippen molar-refractivity contribution >= 4 is 23.1 Å². The van der Waals surface area contributed by atoms with Crippen molar-refractivity contribution in [2.45, 2.75) is 26.3 Å². The highest BCUT2D eigenvalue weighted by Crippen LogP contribution is 2.43. The minimum absolute atomic E-state index is 0.0446. The van der Waals surface area contributed by atoms with Crippen molar-refractivity contribution in [2.75, 3.05) is 11.5 Å². The summed E-state index contributed by atoms with van der Waals surface area (Å²) in [5.74, 6) is -4.11. The number of aliphatic hydroxyl groups is 1. The number of anilines is 1. The molecule has 1 heterocycles. The van der Waals surface area contributed by atoms with Gasteiger partial charge in [-0.25, -0.2) is 8.78 Å². The van der Waals surface area contributed by atoms with Gasteiger partial charge in [-0.05, 0) is 66.9 Å². The predicted octanol–water partition coefficient (Wildman–Crippen LogP) is 5.39. The molecule has 6 nitrogen and oxygen atoms in total. The molecule has 35 heavy (non-hydrogen) atoms. The summed E-state index contributed by atoms with van der Waals surface area (Å²) in [5, 5.41) is 20.9. The van der Waals surface area contributed by atoms with Gasteiger partial charge in [-0.15, -0.1) is 0 Å². The summed E-state index contributed by atoms with van der Waals surface area (Å²) in [6, 6.07) is 12.3. The number of ketones is 1. The van der Waals surface area contributed by atoms with Crippen molar-refractivity contribution in [2.24, 2.45) is 0 Å². The fourth-order valence-electron chi connectivity index (χ4n) is 4.03. The Kier molecular flexibility index (Phi) is 6.55. The van der Waals surface area contributed by atoms with Crippen LogP contribution in [0.2, 0.25) is 0 Å². The van der Waals surface area contributed by atoms with Gasteiger partial charge in [0, 0.05) is 17.3 Å².